The summed E-state index contributed by atoms with van der Waals surface area (Å²) in [6.07, 6.45) is 0. The minimum Gasteiger partial charge on any atom is -0.484 e. The predicted molar refractivity (Wildman–Crippen MR) is 124 cm³/mol. The van der Waals surface area contributed by atoms with Crippen LogP contribution in [0.5, 0.6) is 5.75 Å². The number of rotatable bonds is 6. The van der Waals surface area contributed by atoms with Crippen molar-refractivity contribution in [2.75, 3.05) is 11.9 Å². The molecule has 4 rings (SSSR count). The normalized spacial score (nSPS) is 11.1. The van der Waals surface area contributed by atoms with Gasteiger partial charge in [0, 0.05) is 11.3 Å². The average molecular weight is 415 g/mol. The molecule has 0 saturated carbocycles. The fourth-order valence-electron chi connectivity index (χ4n) is 3.52. The number of carbonyl (C=O) groups excluding carboxylic acids is 1. The first-order valence-corrected chi connectivity index (χ1v) is 10.4. The highest BCUT2D eigenvalue weighted by molar-refractivity contribution is 5.92. The van der Waals surface area contributed by atoms with Gasteiger partial charge in [0.25, 0.3) is 5.91 Å². The number of aromatic nitrogens is 1. The first-order chi connectivity index (χ1) is 14.9. The first-order valence-electron chi connectivity index (χ1n) is 10.4. The molecule has 158 valence electrons. The van der Waals surface area contributed by atoms with E-state index in [4.69, 9.17) is 9.15 Å². The van der Waals surface area contributed by atoms with Crippen LogP contribution in [0.3, 0.4) is 0 Å². The molecule has 0 radical (unpaired) electrons. The summed E-state index contributed by atoms with van der Waals surface area (Å²) in [4.78, 5) is 17.0. The maximum Gasteiger partial charge on any atom is 0.262 e. The predicted octanol–water partition coefficient (Wildman–Crippen LogP) is 6.25. The fourth-order valence-corrected chi connectivity index (χ4v) is 3.52. The number of benzene rings is 3. The van der Waals surface area contributed by atoms with Crippen molar-refractivity contribution in [1.82, 2.24) is 4.98 Å². The van der Waals surface area contributed by atoms with Crippen molar-refractivity contribution < 1.29 is 13.9 Å². The summed E-state index contributed by atoms with van der Waals surface area (Å²) >= 11 is 0. The number of hydrogen-bond donors (Lipinski definition) is 1. The zero-order chi connectivity index (χ0) is 22.0. The van der Waals surface area contributed by atoms with Crippen LogP contribution in [0.4, 0.5) is 5.69 Å². The largest absolute Gasteiger partial charge is 0.484 e. The molecular weight excluding hydrogens is 388 g/mol. The van der Waals surface area contributed by atoms with Crippen LogP contribution in [0.25, 0.3) is 22.6 Å². The smallest absolute Gasteiger partial charge is 0.262 e. The lowest BCUT2D eigenvalue weighted by Gasteiger charge is -2.09. The Bertz CT molecular complexity index is 1220. The van der Waals surface area contributed by atoms with E-state index in [1.807, 2.05) is 56.3 Å². The lowest BCUT2D eigenvalue weighted by molar-refractivity contribution is -0.118. The van der Waals surface area contributed by atoms with Crippen molar-refractivity contribution in [3.05, 3.63) is 77.4 Å². The van der Waals surface area contributed by atoms with E-state index in [-0.39, 0.29) is 12.5 Å². The second-order valence-electron chi connectivity index (χ2n) is 8.14. The Kier molecular flexibility index (Phi) is 5.76. The third-order valence-corrected chi connectivity index (χ3v) is 5.04. The van der Waals surface area contributed by atoms with Crippen LogP contribution in [0.2, 0.25) is 0 Å². The molecule has 0 atom stereocenters. The van der Waals surface area contributed by atoms with Crippen molar-refractivity contribution in [3.63, 3.8) is 0 Å². The molecule has 4 aromatic rings. The Balaban J connectivity index is 1.46. The number of hydrogen-bond acceptors (Lipinski definition) is 4. The van der Waals surface area contributed by atoms with Crippen LogP contribution in [0, 0.1) is 13.8 Å². The van der Waals surface area contributed by atoms with Gasteiger partial charge in [-0.25, -0.2) is 4.98 Å². The van der Waals surface area contributed by atoms with E-state index >= 15 is 0 Å². The molecule has 0 spiro atoms. The quantitative estimate of drug-likeness (QED) is 0.405. The van der Waals surface area contributed by atoms with Gasteiger partial charge in [0.1, 0.15) is 11.3 Å². The van der Waals surface area contributed by atoms with Crippen molar-refractivity contribution in [1.29, 1.82) is 0 Å². The van der Waals surface area contributed by atoms with Gasteiger partial charge in [0.05, 0.1) is 0 Å². The van der Waals surface area contributed by atoms with Crippen molar-refractivity contribution in [3.8, 4) is 17.2 Å². The Hall–Kier alpha value is -3.60. The molecule has 0 aliphatic rings. The van der Waals surface area contributed by atoms with Crippen LogP contribution < -0.4 is 10.1 Å². The Morgan fingerprint density at radius 1 is 1.03 bits per heavy atom. The Morgan fingerprint density at radius 2 is 1.81 bits per heavy atom. The number of nitrogens with one attached hydrogen (secondary N) is 1. The number of nitrogens with zero attached hydrogens (tertiary/aromatic N) is 1. The molecule has 0 aliphatic heterocycles. The number of fused-ring (bicyclic) bond motifs is 1. The summed E-state index contributed by atoms with van der Waals surface area (Å²) in [5.41, 5.74) is 6.46. The number of ether oxygens (including phenoxy) is 1. The molecule has 3 aromatic carbocycles. The molecule has 5 heteroatoms. The van der Waals surface area contributed by atoms with Crippen LogP contribution in [0.1, 0.15) is 36.5 Å². The third kappa shape index (κ3) is 4.94. The van der Waals surface area contributed by atoms with Gasteiger partial charge in [0.15, 0.2) is 12.2 Å². The molecule has 31 heavy (non-hydrogen) atoms. The molecule has 1 aromatic heterocycles. The lowest BCUT2D eigenvalue weighted by Crippen LogP contribution is -2.20. The topological polar surface area (TPSA) is 64.4 Å². The summed E-state index contributed by atoms with van der Waals surface area (Å²) in [5.74, 6) is 1.41. The van der Waals surface area contributed by atoms with Crippen LogP contribution >= 0.6 is 0 Å². The number of carbonyl (C=O) groups is 1. The highest BCUT2D eigenvalue weighted by atomic mass is 16.5. The standard InChI is InChI=1S/C26H26N2O3/c1-16(2)19-8-9-24-23(14-19)28-26(31-24)20-6-5-7-21(13-20)27-25(29)15-30-22-11-17(3)10-18(4)12-22/h5-14,16H,15H2,1-4H3,(H,27,29). The zero-order valence-corrected chi connectivity index (χ0v) is 18.2. The molecule has 1 heterocycles. The Labute approximate surface area is 182 Å². The number of amides is 1. The average Bonchev–Trinajstić information content (AvgIpc) is 3.15. The molecule has 0 fully saturated rings. The van der Waals surface area contributed by atoms with Gasteiger partial charge in [-0.3, -0.25) is 4.79 Å². The van der Waals surface area contributed by atoms with Crippen LogP contribution in [0.15, 0.2) is 65.1 Å². The van der Waals surface area contributed by atoms with Crippen molar-refractivity contribution in [2.45, 2.75) is 33.6 Å². The fraction of sp³-hybridized carbons (Fsp3) is 0.231. The van der Waals surface area contributed by atoms with Gasteiger partial charge in [-0.15, -0.1) is 0 Å². The Morgan fingerprint density at radius 3 is 2.55 bits per heavy atom. The number of anilines is 1. The number of aryl methyl sites for hydroxylation is 2. The summed E-state index contributed by atoms with van der Waals surface area (Å²) in [5, 5.41) is 2.88. The maximum atomic E-state index is 12.4. The summed E-state index contributed by atoms with van der Waals surface area (Å²) in [7, 11) is 0. The molecule has 1 N–H and O–H groups in total. The summed E-state index contributed by atoms with van der Waals surface area (Å²) < 4.78 is 11.6. The van der Waals surface area contributed by atoms with E-state index in [1.54, 1.807) is 0 Å². The first kappa shape index (κ1) is 20.7. The van der Waals surface area contributed by atoms with Gasteiger partial charge >= 0.3 is 0 Å². The van der Waals surface area contributed by atoms with E-state index < -0.39 is 0 Å². The van der Waals surface area contributed by atoms with E-state index in [0.717, 1.165) is 27.8 Å². The van der Waals surface area contributed by atoms with Gasteiger partial charge in [-0.1, -0.05) is 32.0 Å². The van der Waals surface area contributed by atoms with Crippen molar-refractivity contribution in [2.24, 2.45) is 0 Å². The molecule has 5 nitrogen and oxygen atoms in total. The van der Waals surface area contributed by atoms with E-state index in [1.165, 1.54) is 5.56 Å². The lowest BCUT2D eigenvalue weighted by atomic mass is 10.0. The maximum absolute atomic E-state index is 12.4. The van der Waals surface area contributed by atoms with Crippen molar-refractivity contribution >= 4 is 22.7 Å². The SMILES string of the molecule is Cc1cc(C)cc(OCC(=O)Nc2cccc(-c3nc4cc(C(C)C)ccc4o3)c2)c1. The third-order valence-electron chi connectivity index (χ3n) is 5.04. The second kappa shape index (κ2) is 8.64. The highest BCUT2D eigenvalue weighted by Crippen LogP contribution is 2.28. The van der Waals surface area contributed by atoms with E-state index in [9.17, 15) is 4.79 Å². The van der Waals surface area contributed by atoms with Crippen LogP contribution in [-0.2, 0) is 4.79 Å². The van der Waals surface area contributed by atoms with Gasteiger partial charge in [0.2, 0.25) is 5.89 Å². The minimum absolute atomic E-state index is 0.0615. The zero-order valence-electron chi connectivity index (χ0n) is 18.2. The molecular formula is C26H26N2O3. The van der Waals surface area contributed by atoms with Gasteiger partial charge in [-0.2, -0.15) is 0 Å². The van der Waals surface area contributed by atoms with Gasteiger partial charge < -0.3 is 14.5 Å². The molecule has 0 bridgehead atoms. The molecule has 0 saturated heterocycles. The highest BCUT2D eigenvalue weighted by Gasteiger charge is 2.12. The van der Waals surface area contributed by atoms with E-state index in [0.29, 0.717) is 23.2 Å². The summed E-state index contributed by atoms with van der Waals surface area (Å²) in [6.45, 7) is 8.24. The monoisotopic (exact) mass is 414 g/mol. The molecule has 1 amide bonds. The van der Waals surface area contributed by atoms with Crippen LogP contribution in [-0.4, -0.2) is 17.5 Å². The molecule has 0 aliphatic carbocycles. The molecule has 0 unspecified atom stereocenters. The summed E-state index contributed by atoms with van der Waals surface area (Å²) in [6, 6.07) is 19.4. The van der Waals surface area contributed by atoms with Gasteiger partial charge in [-0.05, 0) is 78.9 Å². The second-order valence-corrected chi connectivity index (χ2v) is 8.14. The number of oxazole rings is 1. The van der Waals surface area contributed by atoms with E-state index in [2.05, 4.69) is 42.3 Å². The minimum atomic E-state index is -0.226.